The van der Waals surface area contributed by atoms with Gasteiger partial charge in [-0.05, 0) is 37.0 Å². The Morgan fingerprint density at radius 3 is 2.55 bits per heavy atom. The van der Waals surface area contributed by atoms with E-state index in [1.165, 1.54) is 0 Å². The first-order chi connectivity index (χ1) is 9.69. The van der Waals surface area contributed by atoms with Crippen molar-refractivity contribution in [1.82, 2.24) is 4.90 Å². The van der Waals surface area contributed by atoms with Crippen LogP contribution in [-0.4, -0.2) is 44.7 Å². The van der Waals surface area contributed by atoms with Gasteiger partial charge in [0, 0.05) is 18.7 Å². The van der Waals surface area contributed by atoms with Crippen LogP contribution in [0.25, 0.3) is 0 Å². The molecule has 1 aliphatic rings. The number of likely N-dealkylation sites (tertiary alicyclic amines) is 1. The molecular formula is C15H22N2O3. The maximum absolute atomic E-state index is 11.6. The van der Waals surface area contributed by atoms with E-state index in [1.807, 2.05) is 23.1 Å². The summed E-state index contributed by atoms with van der Waals surface area (Å²) in [6, 6.07) is 5.87. The Bertz CT molecular complexity index is 468. The summed E-state index contributed by atoms with van der Waals surface area (Å²) in [6.45, 7) is 1.59. The van der Waals surface area contributed by atoms with E-state index in [0.29, 0.717) is 5.92 Å². The zero-order valence-electron chi connectivity index (χ0n) is 12.1. The molecule has 1 heterocycles. The van der Waals surface area contributed by atoms with Crippen molar-refractivity contribution in [2.75, 3.05) is 33.9 Å². The molecule has 0 atom stereocenters. The average Bonchev–Trinajstić information content (AvgIpc) is 2.53. The third-order valence-corrected chi connectivity index (χ3v) is 3.90. The first kappa shape index (κ1) is 14.7. The molecule has 0 aliphatic carbocycles. The summed E-state index contributed by atoms with van der Waals surface area (Å²) in [4.78, 5) is 13.4. The van der Waals surface area contributed by atoms with Gasteiger partial charge in [0.15, 0.2) is 0 Å². The molecule has 2 rings (SSSR count). The van der Waals surface area contributed by atoms with Crippen molar-refractivity contribution in [3.8, 4) is 11.5 Å². The molecule has 0 saturated carbocycles. The lowest BCUT2D eigenvalue weighted by atomic mass is 9.88. The largest absolute Gasteiger partial charge is 0.497 e. The molecule has 1 fully saturated rings. The summed E-state index contributed by atoms with van der Waals surface area (Å²) in [6.07, 6.45) is 1.85. The Morgan fingerprint density at radius 2 is 2.00 bits per heavy atom. The molecule has 110 valence electrons. The van der Waals surface area contributed by atoms with Crippen LogP contribution in [0.1, 0.15) is 24.3 Å². The predicted molar refractivity (Wildman–Crippen MR) is 77.2 cm³/mol. The highest BCUT2D eigenvalue weighted by molar-refractivity contribution is 5.78. The number of piperidine rings is 1. The van der Waals surface area contributed by atoms with Gasteiger partial charge in [0.05, 0.1) is 20.8 Å². The smallest absolute Gasteiger partial charge is 0.236 e. The Balaban J connectivity index is 2.11. The molecule has 0 aromatic heterocycles. The quantitative estimate of drug-likeness (QED) is 0.903. The van der Waals surface area contributed by atoms with E-state index in [2.05, 4.69) is 0 Å². The predicted octanol–water partition coefficient (Wildman–Crippen LogP) is 1.37. The number of nitrogens with two attached hydrogens (primary N) is 1. The van der Waals surface area contributed by atoms with Crippen LogP contribution in [0.3, 0.4) is 0 Å². The highest BCUT2D eigenvalue weighted by Crippen LogP contribution is 2.36. The Morgan fingerprint density at radius 1 is 1.30 bits per heavy atom. The summed E-state index contributed by atoms with van der Waals surface area (Å²) in [5.74, 6) is 2.14. The number of benzene rings is 1. The Hall–Kier alpha value is -1.75. The number of amides is 1. The Labute approximate surface area is 119 Å². The van der Waals surface area contributed by atoms with Gasteiger partial charge in [-0.2, -0.15) is 0 Å². The molecule has 1 aliphatic heterocycles. The van der Waals surface area contributed by atoms with Crippen molar-refractivity contribution in [3.63, 3.8) is 0 Å². The van der Waals surface area contributed by atoms with E-state index in [-0.39, 0.29) is 12.5 Å². The van der Waals surface area contributed by atoms with Crippen molar-refractivity contribution in [3.05, 3.63) is 23.8 Å². The van der Waals surface area contributed by atoms with Crippen LogP contribution in [0.4, 0.5) is 0 Å². The molecule has 0 spiro atoms. The van der Waals surface area contributed by atoms with Gasteiger partial charge in [-0.1, -0.05) is 0 Å². The molecule has 1 saturated heterocycles. The lowest BCUT2D eigenvalue weighted by molar-refractivity contribution is -0.130. The first-order valence-corrected chi connectivity index (χ1v) is 6.89. The zero-order chi connectivity index (χ0) is 14.5. The van der Waals surface area contributed by atoms with E-state index in [0.717, 1.165) is 43.0 Å². The maximum Gasteiger partial charge on any atom is 0.236 e. The average molecular weight is 278 g/mol. The van der Waals surface area contributed by atoms with Crippen molar-refractivity contribution in [1.29, 1.82) is 0 Å². The minimum absolute atomic E-state index is 0.0288. The fourth-order valence-corrected chi connectivity index (χ4v) is 2.73. The van der Waals surface area contributed by atoms with Gasteiger partial charge >= 0.3 is 0 Å². The molecule has 20 heavy (non-hydrogen) atoms. The third-order valence-electron chi connectivity index (χ3n) is 3.90. The van der Waals surface area contributed by atoms with Crippen LogP contribution in [0.2, 0.25) is 0 Å². The van der Waals surface area contributed by atoms with Crippen LogP contribution in [-0.2, 0) is 4.79 Å². The molecule has 5 nitrogen and oxygen atoms in total. The van der Waals surface area contributed by atoms with Gasteiger partial charge < -0.3 is 20.1 Å². The molecular weight excluding hydrogens is 256 g/mol. The highest BCUT2D eigenvalue weighted by Gasteiger charge is 2.25. The van der Waals surface area contributed by atoms with Gasteiger partial charge in [-0.3, -0.25) is 4.79 Å². The highest BCUT2D eigenvalue weighted by atomic mass is 16.5. The summed E-state index contributed by atoms with van der Waals surface area (Å²) in [7, 11) is 3.34. The van der Waals surface area contributed by atoms with Crippen molar-refractivity contribution in [2.24, 2.45) is 5.73 Å². The normalized spacial score (nSPS) is 16.1. The number of ether oxygens (including phenoxy) is 2. The second-order valence-electron chi connectivity index (χ2n) is 4.97. The second kappa shape index (κ2) is 6.61. The van der Waals surface area contributed by atoms with Gasteiger partial charge in [-0.15, -0.1) is 0 Å². The van der Waals surface area contributed by atoms with Crippen molar-refractivity contribution < 1.29 is 14.3 Å². The molecule has 0 radical (unpaired) electrons. The van der Waals surface area contributed by atoms with Crippen LogP contribution in [0.5, 0.6) is 11.5 Å². The number of rotatable bonds is 4. The van der Waals surface area contributed by atoms with Gasteiger partial charge in [0.25, 0.3) is 0 Å². The molecule has 0 unspecified atom stereocenters. The van der Waals surface area contributed by atoms with E-state index in [4.69, 9.17) is 15.2 Å². The number of hydrogen-bond acceptors (Lipinski definition) is 4. The molecule has 5 heteroatoms. The molecule has 2 N–H and O–H groups in total. The number of methoxy groups -OCH3 is 2. The molecule has 1 aromatic rings. The molecule has 0 bridgehead atoms. The minimum atomic E-state index is 0.0288. The molecule has 1 aromatic carbocycles. The van der Waals surface area contributed by atoms with Crippen LogP contribution in [0, 0.1) is 0 Å². The third kappa shape index (κ3) is 3.04. The van der Waals surface area contributed by atoms with Gasteiger partial charge in [0.1, 0.15) is 11.5 Å². The van der Waals surface area contributed by atoms with Gasteiger partial charge in [-0.25, -0.2) is 0 Å². The van der Waals surface area contributed by atoms with Crippen LogP contribution in [0.15, 0.2) is 18.2 Å². The lowest BCUT2D eigenvalue weighted by Crippen LogP contribution is -2.41. The standard InChI is InChI=1S/C15H22N2O3/c1-19-12-3-4-14(20-2)13(9-12)11-5-7-17(8-6-11)15(18)10-16/h3-4,9,11H,5-8,10,16H2,1-2H3. The number of carbonyl (C=O) groups excluding carboxylic acids is 1. The van der Waals surface area contributed by atoms with E-state index < -0.39 is 0 Å². The number of nitrogens with zero attached hydrogens (tertiary/aromatic N) is 1. The Kier molecular flexibility index (Phi) is 4.84. The summed E-state index contributed by atoms with van der Waals surface area (Å²) >= 11 is 0. The number of carbonyl (C=O) groups is 1. The summed E-state index contributed by atoms with van der Waals surface area (Å²) in [5, 5.41) is 0. The van der Waals surface area contributed by atoms with Crippen molar-refractivity contribution in [2.45, 2.75) is 18.8 Å². The maximum atomic E-state index is 11.6. The van der Waals surface area contributed by atoms with Crippen LogP contribution >= 0.6 is 0 Å². The number of hydrogen-bond donors (Lipinski definition) is 1. The SMILES string of the molecule is COc1ccc(OC)c(C2CCN(C(=O)CN)CC2)c1. The first-order valence-electron chi connectivity index (χ1n) is 6.89. The van der Waals surface area contributed by atoms with E-state index >= 15 is 0 Å². The monoisotopic (exact) mass is 278 g/mol. The minimum Gasteiger partial charge on any atom is -0.497 e. The van der Waals surface area contributed by atoms with E-state index in [1.54, 1.807) is 14.2 Å². The van der Waals surface area contributed by atoms with Crippen molar-refractivity contribution >= 4 is 5.91 Å². The molecule has 1 amide bonds. The van der Waals surface area contributed by atoms with Crippen LogP contribution < -0.4 is 15.2 Å². The van der Waals surface area contributed by atoms with E-state index in [9.17, 15) is 4.79 Å². The zero-order valence-corrected chi connectivity index (χ0v) is 12.1. The summed E-state index contributed by atoms with van der Waals surface area (Å²) < 4.78 is 10.7. The fourth-order valence-electron chi connectivity index (χ4n) is 2.73. The fraction of sp³-hybridized carbons (Fsp3) is 0.533. The topological polar surface area (TPSA) is 64.8 Å². The lowest BCUT2D eigenvalue weighted by Gasteiger charge is -2.32. The summed E-state index contributed by atoms with van der Waals surface area (Å²) in [5.41, 5.74) is 6.56. The van der Waals surface area contributed by atoms with Gasteiger partial charge in [0.2, 0.25) is 5.91 Å². The second-order valence-corrected chi connectivity index (χ2v) is 4.97.